The lowest BCUT2D eigenvalue weighted by molar-refractivity contribution is -0.141. The van der Waals surface area contributed by atoms with E-state index in [4.69, 9.17) is 4.74 Å². The van der Waals surface area contributed by atoms with E-state index in [9.17, 15) is 9.59 Å². The average Bonchev–Trinajstić information content (AvgIpc) is 2.32. The number of amides is 1. The topological polar surface area (TPSA) is 64.6 Å². The normalized spacial score (nSPS) is 9.72. The van der Waals surface area contributed by atoms with Crippen LogP contribution in [0.5, 0.6) is 5.75 Å². The Balaban J connectivity index is 2.40. The molecule has 0 atom stereocenters. The van der Waals surface area contributed by atoms with E-state index in [1.165, 1.54) is 7.11 Å². The van der Waals surface area contributed by atoms with Crippen LogP contribution >= 0.6 is 0 Å². The number of hydrogen-bond acceptors (Lipinski definition) is 4. The van der Waals surface area contributed by atoms with Crippen molar-refractivity contribution in [3.05, 3.63) is 29.3 Å². The van der Waals surface area contributed by atoms with Crippen molar-refractivity contribution in [3.8, 4) is 5.75 Å². The molecule has 0 aliphatic heterocycles. The third-order valence-corrected chi connectivity index (χ3v) is 2.22. The molecule has 1 N–H and O–H groups in total. The molecule has 0 bridgehead atoms. The fourth-order valence-electron chi connectivity index (χ4n) is 1.46. The molecule has 5 nitrogen and oxygen atoms in total. The van der Waals surface area contributed by atoms with Gasteiger partial charge in [-0.15, -0.1) is 0 Å². The van der Waals surface area contributed by atoms with E-state index < -0.39 is 5.97 Å². The van der Waals surface area contributed by atoms with Crippen LogP contribution in [0.15, 0.2) is 18.2 Å². The Labute approximate surface area is 106 Å². The van der Waals surface area contributed by atoms with Gasteiger partial charge in [0.2, 0.25) is 0 Å². The number of esters is 1. The zero-order valence-corrected chi connectivity index (χ0v) is 10.8. The van der Waals surface area contributed by atoms with E-state index in [1.54, 1.807) is 0 Å². The van der Waals surface area contributed by atoms with Crippen molar-refractivity contribution in [2.75, 3.05) is 20.3 Å². The first-order valence-electron chi connectivity index (χ1n) is 5.56. The Morgan fingerprint density at radius 2 is 1.78 bits per heavy atom. The first kappa shape index (κ1) is 14.0. The van der Waals surface area contributed by atoms with Gasteiger partial charge in [-0.25, -0.2) is 0 Å². The highest BCUT2D eigenvalue weighted by molar-refractivity contribution is 5.82. The highest BCUT2D eigenvalue weighted by atomic mass is 16.5. The van der Waals surface area contributed by atoms with Gasteiger partial charge in [-0.05, 0) is 37.1 Å². The molecular weight excluding hydrogens is 234 g/mol. The Kier molecular flexibility index (Phi) is 5.17. The largest absolute Gasteiger partial charge is 0.484 e. The summed E-state index contributed by atoms with van der Waals surface area (Å²) in [6.07, 6.45) is 0. The van der Waals surface area contributed by atoms with Crippen molar-refractivity contribution < 1.29 is 19.1 Å². The van der Waals surface area contributed by atoms with Gasteiger partial charge in [0.25, 0.3) is 5.91 Å². The summed E-state index contributed by atoms with van der Waals surface area (Å²) in [5, 5.41) is 2.39. The lowest BCUT2D eigenvalue weighted by atomic mass is 10.1. The van der Waals surface area contributed by atoms with Gasteiger partial charge >= 0.3 is 5.97 Å². The predicted octanol–water partition coefficient (Wildman–Crippen LogP) is 0.971. The van der Waals surface area contributed by atoms with Crippen molar-refractivity contribution in [2.45, 2.75) is 13.8 Å². The molecule has 0 radical (unpaired) electrons. The molecule has 0 saturated carbocycles. The van der Waals surface area contributed by atoms with Crippen molar-refractivity contribution in [2.24, 2.45) is 0 Å². The summed E-state index contributed by atoms with van der Waals surface area (Å²) in [5.74, 6) is -0.213. The monoisotopic (exact) mass is 251 g/mol. The predicted molar refractivity (Wildman–Crippen MR) is 66.4 cm³/mol. The number of aryl methyl sites for hydroxylation is 2. The van der Waals surface area contributed by atoms with Crippen LogP contribution in [-0.4, -0.2) is 32.1 Å². The van der Waals surface area contributed by atoms with Crippen molar-refractivity contribution in [1.82, 2.24) is 5.32 Å². The molecule has 1 amide bonds. The molecule has 1 rings (SSSR count). The first-order chi connectivity index (χ1) is 8.51. The minimum absolute atomic E-state index is 0.125. The first-order valence-corrected chi connectivity index (χ1v) is 5.56. The number of ether oxygens (including phenoxy) is 2. The van der Waals surface area contributed by atoms with Crippen LogP contribution in [0.1, 0.15) is 11.1 Å². The Bertz CT molecular complexity index is 422. The highest BCUT2D eigenvalue weighted by Crippen LogP contribution is 2.15. The van der Waals surface area contributed by atoms with Crippen LogP contribution in [0.4, 0.5) is 0 Å². The molecule has 98 valence electrons. The number of benzene rings is 1. The van der Waals surface area contributed by atoms with Crippen LogP contribution in [0.2, 0.25) is 0 Å². The SMILES string of the molecule is COC(=O)CNC(=O)COc1cc(C)cc(C)c1. The fraction of sp³-hybridized carbons (Fsp3) is 0.385. The van der Waals surface area contributed by atoms with E-state index >= 15 is 0 Å². The summed E-state index contributed by atoms with van der Waals surface area (Å²) in [6, 6.07) is 5.71. The van der Waals surface area contributed by atoms with E-state index in [1.807, 2.05) is 32.0 Å². The van der Waals surface area contributed by atoms with Gasteiger partial charge in [-0.3, -0.25) is 9.59 Å². The van der Waals surface area contributed by atoms with Gasteiger partial charge in [0, 0.05) is 0 Å². The molecule has 0 saturated heterocycles. The maximum Gasteiger partial charge on any atom is 0.325 e. The molecular formula is C13H17NO4. The van der Waals surface area contributed by atoms with Gasteiger partial charge in [0.15, 0.2) is 6.61 Å². The number of hydrogen-bond donors (Lipinski definition) is 1. The van der Waals surface area contributed by atoms with Gasteiger partial charge in [0.05, 0.1) is 7.11 Å². The second-order valence-corrected chi connectivity index (χ2v) is 3.96. The van der Waals surface area contributed by atoms with E-state index in [0.29, 0.717) is 5.75 Å². The maximum absolute atomic E-state index is 11.4. The van der Waals surface area contributed by atoms with E-state index in [2.05, 4.69) is 10.1 Å². The molecule has 18 heavy (non-hydrogen) atoms. The summed E-state index contributed by atoms with van der Waals surface area (Å²) < 4.78 is 9.73. The van der Waals surface area contributed by atoms with E-state index in [-0.39, 0.29) is 19.1 Å². The average molecular weight is 251 g/mol. The molecule has 1 aromatic carbocycles. The third kappa shape index (κ3) is 4.86. The number of carbonyl (C=O) groups excluding carboxylic acids is 2. The molecule has 5 heteroatoms. The molecule has 0 aromatic heterocycles. The van der Waals surface area contributed by atoms with Crippen LogP contribution in [0.3, 0.4) is 0 Å². The third-order valence-electron chi connectivity index (χ3n) is 2.22. The van der Waals surface area contributed by atoms with Crippen molar-refractivity contribution in [3.63, 3.8) is 0 Å². The number of methoxy groups -OCH3 is 1. The zero-order chi connectivity index (χ0) is 13.5. The summed E-state index contributed by atoms with van der Waals surface area (Å²) in [4.78, 5) is 22.2. The van der Waals surface area contributed by atoms with Crippen LogP contribution in [0.25, 0.3) is 0 Å². The molecule has 1 aromatic rings. The lowest BCUT2D eigenvalue weighted by Crippen LogP contribution is -2.33. The Morgan fingerprint density at radius 3 is 2.33 bits per heavy atom. The summed E-state index contributed by atoms with van der Waals surface area (Å²) in [5.41, 5.74) is 2.14. The fourth-order valence-corrected chi connectivity index (χ4v) is 1.46. The minimum Gasteiger partial charge on any atom is -0.484 e. The molecule has 0 fully saturated rings. The second kappa shape index (κ2) is 6.64. The smallest absolute Gasteiger partial charge is 0.325 e. The second-order valence-electron chi connectivity index (χ2n) is 3.96. The van der Waals surface area contributed by atoms with Crippen molar-refractivity contribution in [1.29, 1.82) is 0 Å². The Hall–Kier alpha value is -2.04. The summed E-state index contributed by atoms with van der Waals surface area (Å²) in [7, 11) is 1.26. The number of carbonyl (C=O) groups is 2. The number of nitrogens with one attached hydrogen (secondary N) is 1. The van der Waals surface area contributed by atoms with Crippen LogP contribution < -0.4 is 10.1 Å². The van der Waals surface area contributed by atoms with E-state index in [0.717, 1.165) is 11.1 Å². The lowest BCUT2D eigenvalue weighted by Gasteiger charge is -2.08. The minimum atomic E-state index is -0.491. The standard InChI is InChI=1S/C13H17NO4/c1-9-4-10(2)6-11(5-9)18-8-12(15)14-7-13(16)17-3/h4-6H,7-8H2,1-3H3,(H,14,15). The van der Waals surface area contributed by atoms with Crippen LogP contribution in [0, 0.1) is 13.8 Å². The molecule has 0 unspecified atom stereocenters. The quantitative estimate of drug-likeness (QED) is 0.792. The van der Waals surface area contributed by atoms with Gasteiger partial charge in [-0.1, -0.05) is 6.07 Å². The van der Waals surface area contributed by atoms with Crippen LogP contribution in [-0.2, 0) is 14.3 Å². The maximum atomic E-state index is 11.4. The molecule has 0 aliphatic carbocycles. The molecule has 0 heterocycles. The highest BCUT2D eigenvalue weighted by Gasteiger charge is 2.06. The van der Waals surface area contributed by atoms with Gasteiger partial charge < -0.3 is 14.8 Å². The van der Waals surface area contributed by atoms with Gasteiger partial charge in [0.1, 0.15) is 12.3 Å². The summed E-state index contributed by atoms with van der Waals surface area (Å²) in [6.45, 7) is 3.64. The Morgan fingerprint density at radius 1 is 1.17 bits per heavy atom. The zero-order valence-electron chi connectivity index (χ0n) is 10.8. The molecule has 0 aliphatic rings. The number of rotatable bonds is 5. The van der Waals surface area contributed by atoms with Gasteiger partial charge in [-0.2, -0.15) is 0 Å². The van der Waals surface area contributed by atoms with Crippen molar-refractivity contribution >= 4 is 11.9 Å². The summed E-state index contributed by atoms with van der Waals surface area (Å²) >= 11 is 0. The molecule has 0 spiro atoms.